The van der Waals surface area contributed by atoms with Crippen LogP contribution in [0.4, 0.5) is 0 Å². The molecule has 1 aromatic heterocycles. The highest BCUT2D eigenvalue weighted by Gasteiger charge is 2.16. The third-order valence-electron chi connectivity index (χ3n) is 3.08. The summed E-state index contributed by atoms with van der Waals surface area (Å²) in [6.07, 6.45) is 6.21. The van der Waals surface area contributed by atoms with Gasteiger partial charge in [0.1, 0.15) is 0 Å². The van der Waals surface area contributed by atoms with E-state index in [9.17, 15) is 0 Å². The lowest BCUT2D eigenvalue weighted by Crippen LogP contribution is -2.42. The summed E-state index contributed by atoms with van der Waals surface area (Å²) in [5.41, 5.74) is 8.61. The average molecular weight is 242 g/mol. The Balaban J connectivity index is 0.00000128. The standard InChI is InChI=1S/C12H19N3.ClH/c1-10-4-5-14-7-11(10)8-15-6-2-3-12(13)9-15;/h4-5,7,12H,2-3,6,8-9,13H2,1H3;1H. The topological polar surface area (TPSA) is 42.2 Å². The normalized spacial score (nSPS) is 21.5. The number of aryl methyl sites for hydroxylation is 1. The minimum Gasteiger partial charge on any atom is -0.327 e. The number of hydrogen-bond acceptors (Lipinski definition) is 3. The number of rotatable bonds is 2. The van der Waals surface area contributed by atoms with Gasteiger partial charge < -0.3 is 5.73 Å². The molecule has 3 nitrogen and oxygen atoms in total. The summed E-state index contributed by atoms with van der Waals surface area (Å²) < 4.78 is 0. The first-order valence-electron chi connectivity index (χ1n) is 5.63. The van der Waals surface area contributed by atoms with Crippen LogP contribution in [-0.2, 0) is 6.54 Å². The average Bonchev–Trinajstić information content (AvgIpc) is 2.22. The smallest absolute Gasteiger partial charge is 0.0315 e. The molecule has 0 bridgehead atoms. The highest BCUT2D eigenvalue weighted by molar-refractivity contribution is 5.85. The minimum atomic E-state index is 0. The van der Waals surface area contributed by atoms with Gasteiger partial charge in [0.15, 0.2) is 0 Å². The SMILES string of the molecule is Cc1ccncc1CN1CCCC(N)C1.Cl. The molecule has 1 fully saturated rings. The van der Waals surface area contributed by atoms with Crippen molar-refractivity contribution in [1.82, 2.24) is 9.88 Å². The van der Waals surface area contributed by atoms with Crippen molar-refractivity contribution < 1.29 is 0 Å². The number of nitrogens with zero attached hydrogens (tertiary/aromatic N) is 2. The molecule has 1 aliphatic rings. The molecule has 16 heavy (non-hydrogen) atoms. The fourth-order valence-corrected chi connectivity index (χ4v) is 2.14. The lowest BCUT2D eigenvalue weighted by molar-refractivity contribution is 0.201. The lowest BCUT2D eigenvalue weighted by atomic mass is 10.1. The highest BCUT2D eigenvalue weighted by Crippen LogP contribution is 2.14. The minimum absolute atomic E-state index is 0. The Morgan fingerprint density at radius 1 is 1.56 bits per heavy atom. The molecule has 1 aliphatic heterocycles. The monoisotopic (exact) mass is 241 g/mol. The van der Waals surface area contributed by atoms with Crippen molar-refractivity contribution >= 4 is 12.4 Å². The van der Waals surface area contributed by atoms with Gasteiger partial charge in [0.2, 0.25) is 0 Å². The second-order valence-corrected chi connectivity index (χ2v) is 4.44. The largest absolute Gasteiger partial charge is 0.327 e. The lowest BCUT2D eigenvalue weighted by Gasteiger charge is -2.30. The fourth-order valence-electron chi connectivity index (χ4n) is 2.14. The second kappa shape index (κ2) is 6.18. The van der Waals surface area contributed by atoms with Crippen LogP contribution >= 0.6 is 12.4 Å². The Morgan fingerprint density at radius 2 is 2.38 bits per heavy atom. The van der Waals surface area contributed by atoms with Crippen molar-refractivity contribution in [1.29, 1.82) is 0 Å². The maximum atomic E-state index is 5.96. The van der Waals surface area contributed by atoms with Gasteiger partial charge in [-0.15, -0.1) is 12.4 Å². The molecule has 2 heterocycles. The van der Waals surface area contributed by atoms with E-state index in [0.29, 0.717) is 6.04 Å². The maximum Gasteiger partial charge on any atom is 0.0315 e. The van der Waals surface area contributed by atoms with Crippen LogP contribution in [0.3, 0.4) is 0 Å². The zero-order valence-electron chi connectivity index (χ0n) is 9.72. The number of pyridine rings is 1. The number of hydrogen-bond donors (Lipinski definition) is 1. The van der Waals surface area contributed by atoms with E-state index in [1.807, 2.05) is 12.4 Å². The quantitative estimate of drug-likeness (QED) is 0.858. The van der Waals surface area contributed by atoms with Crippen molar-refractivity contribution in [3.63, 3.8) is 0 Å². The zero-order valence-corrected chi connectivity index (χ0v) is 10.5. The highest BCUT2D eigenvalue weighted by atomic mass is 35.5. The molecule has 2 N–H and O–H groups in total. The third kappa shape index (κ3) is 3.44. The molecule has 1 unspecified atom stereocenters. The summed E-state index contributed by atoms with van der Waals surface area (Å²) in [7, 11) is 0. The van der Waals surface area contributed by atoms with Gasteiger partial charge in [-0.25, -0.2) is 0 Å². The molecule has 0 radical (unpaired) electrons. The van der Waals surface area contributed by atoms with Gasteiger partial charge in [0.25, 0.3) is 0 Å². The van der Waals surface area contributed by atoms with E-state index in [1.165, 1.54) is 30.5 Å². The molecule has 0 aromatic carbocycles. The van der Waals surface area contributed by atoms with Crippen LogP contribution in [0.25, 0.3) is 0 Å². The molecule has 1 aromatic rings. The first kappa shape index (κ1) is 13.4. The molecule has 4 heteroatoms. The second-order valence-electron chi connectivity index (χ2n) is 4.44. The van der Waals surface area contributed by atoms with Gasteiger partial charge in [0, 0.05) is 31.5 Å². The summed E-state index contributed by atoms with van der Waals surface area (Å²) in [5, 5.41) is 0. The van der Waals surface area contributed by atoms with Crippen molar-refractivity contribution in [3.8, 4) is 0 Å². The van der Waals surface area contributed by atoms with Gasteiger partial charge in [-0.1, -0.05) is 0 Å². The Kier molecular flexibility index (Phi) is 5.19. The van der Waals surface area contributed by atoms with E-state index in [0.717, 1.165) is 13.1 Å². The Morgan fingerprint density at radius 3 is 3.06 bits per heavy atom. The van der Waals surface area contributed by atoms with Crippen molar-refractivity contribution in [2.75, 3.05) is 13.1 Å². The van der Waals surface area contributed by atoms with Crippen LogP contribution in [0.2, 0.25) is 0 Å². The van der Waals surface area contributed by atoms with Gasteiger partial charge in [-0.05, 0) is 43.5 Å². The molecule has 1 saturated heterocycles. The predicted molar refractivity (Wildman–Crippen MR) is 68.7 cm³/mol. The maximum absolute atomic E-state index is 5.96. The summed E-state index contributed by atoms with van der Waals surface area (Å²) in [4.78, 5) is 6.60. The molecular formula is C12H20ClN3. The van der Waals surface area contributed by atoms with E-state index in [1.54, 1.807) is 0 Å². The Labute approximate surface area is 103 Å². The third-order valence-corrected chi connectivity index (χ3v) is 3.08. The van der Waals surface area contributed by atoms with E-state index in [2.05, 4.69) is 22.9 Å². The van der Waals surface area contributed by atoms with E-state index in [-0.39, 0.29) is 12.4 Å². The molecule has 0 spiro atoms. The van der Waals surface area contributed by atoms with Gasteiger partial charge in [0.05, 0.1) is 0 Å². The molecular weight excluding hydrogens is 222 g/mol. The van der Waals surface area contributed by atoms with Crippen molar-refractivity contribution in [2.24, 2.45) is 5.73 Å². The van der Waals surface area contributed by atoms with Crippen LogP contribution in [0, 0.1) is 6.92 Å². The zero-order chi connectivity index (χ0) is 10.7. The van der Waals surface area contributed by atoms with Crippen molar-refractivity contribution in [2.45, 2.75) is 32.4 Å². The predicted octanol–water partition coefficient (Wildman–Crippen LogP) is 1.73. The van der Waals surface area contributed by atoms with Crippen LogP contribution in [0.5, 0.6) is 0 Å². The van der Waals surface area contributed by atoms with E-state index < -0.39 is 0 Å². The number of aromatic nitrogens is 1. The van der Waals surface area contributed by atoms with Crippen LogP contribution in [-0.4, -0.2) is 29.0 Å². The molecule has 90 valence electrons. The van der Waals surface area contributed by atoms with Gasteiger partial charge in [-0.2, -0.15) is 0 Å². The molecule has 0 amide bonds. The van der Waals surface area contributed by atoms with E-state index >= 15 is 0 Å². The Bertz CT molecular complexity index is 330. The fraction of sp³-hybridized carbons (Fsp3) is 0.583. The summed E-state index contributed by atoms with van der Waals surface area (Å²) in [5.74, 6) is 0. The number of piperidine rings is 1. The number of halogens is 1. The molecule has 0 aliphatic carbocycles. The Hall–Kier alpha value is -0.640. The molecule has 2 rings (SSSR count). The van der Waals surface area contributed by atoms with Crippen LogP contribution in [0.15, 0.2) is 18.5 Å². The van der Waals surface area contributed by atoms with Crippen LogP contribution < -0.4 is 5.73 Å². The van der Waals surface area contributed by atoms with E-state index in [4.69, 9.17) is 5.73 Å². The van der Waals surface area contributed by atoms with Crippen molar-refractivity contribution in [3.05, 3.63) is 29.6 Å². The van der Waals surface area contributed by atoms with Gasteiger partial charge >= 0.3 is 0 Å². The summed E-state index contributed by atoms with van der Waals surface area (Å²) in [6, 6.07) is 2.43. The first-order valence-corrected chi connectivity index (χ1v) is 5.63. The van der Waals surface area contributed by atoms with Crippen LogP contribution in [0.1, 0.15) is 24.0 Å². The summed E-state index contributed by atoms with van der Waals surface area (Å²) in [6.45, 7) is 5.32. The summed E-state index contributed by atoms with van der Waals surface area (Å²) >= 11 is 0. The molecule has 1 atom stereocenters. The molecule has 0 saturated carbocycles. The number of likely N-dealkylation sites (tertiary alicyclic amines) is 1. The number of nitrogens with two attached hydrogens (primary N) is 1. The van der Waals surface area contributed by atoms with Gasteiger partial charge in [-0.3, -0.25) is 9.88 Å². The first-order chi connectivity index (χ1) is 7.25.